The summed E-state index contributed by atoms with van der Waals surface area (Å²) in [5.74, 6) is 0.541. The van der Waals surface area contributed by atoms with Gasteiger partial charge >= 0.3 is 0 Å². The number of carbonyl (C=O) groups excluding carboxylic acids is 2. The number of nitrogens with zero attached hydrogens (tertiary/aromatic N) is 2. The summed E-state index contributed by atoms with van der Waals surface area (Å²) in [6.45, 7) is 2.64. The molecular weight excluding hydrogens is 354 g/mol. The van der Waals surface area contributed by atoms with E-state index < -0.39 is 0 Å². The Morgan fingerprint density at radius 2 is 1.85 bits per heavy atom. The van der Waals surface area contributed by atoms with Crippen LogP contribution >= 0.6 is 11.6 Å². The van der Waals surface area contributed by atoms with Crippen molar-refractivity contribution in [2.24, 2.45) is 0 Å². The number of para-hydroxylation sites is 1. The van der Waals surface area contributed by atoms with E-state index in [2.05, 4.69) is 10.2 Å². The quantitative estimate of drug-likeness (QED) is 0.881. The van der Waals surface area contributed by atoms with Crippen molar-refractivity contribution in [3.63, 3.8) is 0 Å². The van der Waals surface area contributed by atoms with Crippen molar-refractivity contribution < 1.29 is 14.3 Å². The first-order chi connectivity index (χ1) is 12.6. The van der Waals surface area contributed by atoms with Gasteiger partial charge in [-0.05, 0) is 30.3 Å². The van der Waals surface area contributed by atoms with Gasteiger partial charge in [-0.2, -0.15) is 0 Å². The van der Waals surface area contributed by atoms with Crippen molar-refractivity contribution in [2.45, 2.75) is 0 Å². The maximum atomic E-state index is 12.6. The number of nitrogens with one attached hydrogen (secondary N) is 1. The Bertz CT molecular complexity index is 863. The van der Waals surface area contributed by atoms with E-state index >= 15 is 0 Å². The third-order valence-corrected chi connectivity index (χ3v) is 4.83. The number of piperazine rings is 1. The number of hydrogen-bond acceptors (Lipinski definition) is 4. The van der Waals surface area contributed by atoms with Gasteiger partial charge in [-0.25, -0.2) is 0 Å². The summed E-state index contributed by atoms with van der Waals surface area (Å²) in [4.78, 5) is 28.1. The number of amides is 2. The number of rotatable bonds is 2. The van der Waals surface area contributed by atoms with E-state index in [9.17, 15) is 9.59 Å². The molecule has 0 aliphatic carbocycles. The summed E-state index contributed by atoms with van der Waals surface area (Å²) in [5, 5.41) is 3.39. The molecule has 2 aliphatic heterocycles. The molecule has 2 amide bonds. The number of fused-ring (bicyclic) bond motifs is 1. The highest BCUT2D eigenvalue weighted by Gasteiger charge is 2.26. The Kier molecular flexibility index (Phi) is 4.42. The monoisotopic (exact) mass is 371 g/mol. The van der Waals surface area contributed by atoms with E-state index in [4.69, 9.17) is 16.3 Å². The van der Waals surface area contributed by atoms with Crippen LogP contribution in [0.2, 0.25) is 5.02 Å². The summed E-state index contributed by atoms with van der Waals surface area (Å²) in [6, 6.07) is 12.7. The highest BCUT2D eigenvalue weighted by molar-refractivity contribution is 6.30. The topological polar surface area (TPSA) is 61.9 Å². The minimum absolute atomic E-state index is 0.00856. The van der Waals surface area contributed by atoms with Gasteiger partial charge in [0.05, 0.1) is 11.4 Å². The number of benzene rings is 2. The summed E-state index contributed by atoms with van der Waals surface area (Å²) in [7, 11) is 0. The van der Waals surface area contributed by atoms with Crippen LogP contribution in [-0.2, 0) is 4.79 Å². The molecule has 6 nitrogen and oxygen atoms in total. The Morgan fingerprint density at radius 3 is 2.62 bits per heavy atom. The molecule has 4 rings (SSSR count). The van der Waals surface area contributed by atoms with Gasteiger partial charge in [0.1, 0.15) is 0 Å². The lowest BCUT2D eigenvalue weighted by Gasteiger charge is -2.37. The van der Waals surface area contributed by atoms with Gasteiger partial charge in [0, 0.05) is 36.8 Å². The molecule has 7 heteroatoms. The van der Waals surface area contributed by atoms with Crippen LogP contribution in [0.5, 0.6) is 5.75 Å². The van der Waals surface area contributed by atoms with Crippen molar-refractivity contribution in [3.05, 3.63) is 53.1 Å². The first kappa shape index (κ1) is 16.7. The lowest BCUT2D eigenvalue weighted by molar-refractivity contribution is -0.118. The third-order valence-electron chi connectivity index (χ3n) is 4.60. The van der Waals surface area contributed by atoms with E-state index in [1.54, 1.807) is 24.3 Å². The van der Waals surface area contributed by atoms with Crippen molar-refractivity contribution in [3.8, 4) is 5.75 Å². The molecule has 2 aromatic rings. The fourth-order valence-corrected chi connectivity index (χ4v) is 3.49. The highest BCUT2D eigenvalue weighted by Crippen LogP contribution is 2.38. The largest absolute Gasteiger partial charge is 0.479 e. The van der Waals surface area contributed by atoms with Gasteiger partial charge in [-0.3, -0.25) is 9.59 Å². The summed E-state index contributed by atoms with van der Waals surface area (Å²) < 4.78 is 5.63. The number of hydrogen-bond donors (Lipinski definition) is 1. The Balaban J connectivity index is 1.47. The fraction of sp³-hybridized carbons (Fsp3) is 0.263. The van der Waals surface area contributed by atoms with Crippen LogP contribution in [0, 0.1) is 0 Å². The summed E-state index contributed by atoms with van der Waals surface area (Å²) >= 11 is 5.99. The van der Waals surface area contributed by atoms with Gasteiger partial charge in [0.15, 0.2) is 12.4 Å². The van der Waals surface area contributed by atoms with Gasteiger partial charge in [0.25, 0.3) is 11.8 Å². The van der Waals surface area contributed by atoms with Crippen molar-refractivity contribution in [1.82, 2.24) is 4.90 Å². The minimum atomic E-state index is -0.147. The molecule has 0 atom stereocenters. The second kappa shape index (κ2) is 6.88. The highest BCUT2D eigenvalue weighted by atomic mass is 35.5. The average molecular weight is 372 g/mol. The van der Waals surface area contributed by atoms with E-state index in [0.29, 0.717) is 48.2 Å². The van der Waals surface area contributed by atoms with E-state index in [-0.39, 0.29) is 18.4 Å². The maximum absolute atomic E-state index is 12.6. The minimum Gasteiger partial charge on any atom is -0.479 e. The van der Waals surface area contributed by atoms with Crippen LogP contribution in [0.1, 0.15) is 10.4 Å². The van der Waals surface area contributed by atoms with Crippen LogP contribution in [0.25, 0.3) is 0 Å². The number of anilines is 2. The number of ether oxygens (including phenoxy) is 1. The van der Waals surface area contributed by atoms with Gasteiger partial charge in [-0.1, -0.05) is 23.7 Å². The second-order valence-electron chi connectivity index (χ2n) is 6.28. The van der Waals surface area contributed by atoms with Crippen LogP contribution in [0.3, 0.4) is 0 Å². The molecule has 2 aliphatic rings. The van der Waals surface area contributed by atoms with Crippen molar-refractivity contribution in [1.29, 1.82) is 0 Å². The molecule has 0 bridgehead atoms. The zero-order valence-electron chi connectivity index (χ0n) is 14.1. The molecular formula is C19H18ClN3O3. The fourth-order valence-electron chi connectivity index (χ4n) is 3.30. The molecule has 0 aromatic heterocycles. The summed E-state index contributed by atoms with van der Waals surface area (Å²) in [6.07, 6.45) is 0. The summed E-state index contributed by atoms with van der Waals surface area (Å²) in [5.41, 5.74) is 2.24. The maximum Gasteiger partial charge on any atom is 0.262 e. The average Bonchev–Trinajstić information content (AvgIpc) is 2.67. The van der Waals surface area contributed by atoms with Crippen LogP contribution in [0.4, 0.5) is 11.4 Å². The molecule has 2 aromatic carbocycles. The van der Waals surface area contributed by atoms with Crippen LogP contribution in [0.15, 0.2) is 42.5 Å². The Hall–Kier alpha value is -2.73. The lowest BCUT2D eigenvalue weighted by Crippen LogP contribution is -2.49. The number of halogens is 1. The predicted octanol–water partition coefficient (Wildman–Crippen LogP) is 2.63. The first-order valence-corrected chi connectivity index (χ1v) is 8.85. The van der Waals surface area contributed by atoms with Crippen LogP contribution in [-0.4, -0.2) is 49.5 Å². The SMILES string of the molecule is O=C1COc2c(cccc2N2CCN(C(=O)c3cccc(Cl)c3)CC2)N1. The van der Waals surface area contributed by atoms with E-state index in [1.807, 2.05) is 23.1 Å². The van der Waals surface area contributed by atoms with Crippen molar-refractivity contribution in [2.75, 3.05) is 43.0 Å². The smallest absolute Gasteiger partial charge is 0.262 e. The molecule has 1 fully saturated rings. The normalized spacial score (nSPS) is 16.6. The van der Waals surface area contributed by atoms with E-state index in [1.165, 1.54) is 0 Å². The first-order valence-electron chi connectivity index (χ1n) is 8.47. The zero-order chi connectivity index (χ0) is 18.1. The molecule has 0 unspecified atom stereocenters. The molecule has 26 heavy (non-hydrogen) atoms. The molecule has 0 radical (unpaired) electrons. The molecule has 0 saturated carbocycles. The predicted molar refractivity (Wildman–Crippen MR) is 100 cm³/mol. The standard InChI is InChI=1S/C19H18ClN3O3/c20-14-4-1-3-13(11-14)19(25)23-9-7-22(8-10-23)16-6-2-5-15-18(16)26-12-17(24)21-15/h1-6,11H,7-10,12H2,(H,21,24). The Labute approximate surface area is 156 Å². The zero-order valence-corrected chi connectivity index (χ0v) is 14.8. The molecule has 1 N–H and O–H groups in total. The molecule has 134 valence electrons. The second-order valence-corrected chi connectivity index (χ2v) is 6.72. The molecule has 1 saturated heterocycles. The lowest BCUT2D eigenvalue weighted by atomic mass is 10.1. The molecule has 0 spiro atoms. The molecule has 2 heterocycles. The van der Waals surface area contributed by atoms with Gasteiger partial charge in [-0.15, -0.1) is 0 Å². The van der Waals surface area contributed by atoms with Crippen LogP contribution < -0.4 is 15.0 Å². The Morgan fingerprint density at radius 1 is 1.08 bits per heavy atom. The third kappa shape index (κ3) is 3.20. The van der Waals surface area contributed by atoms with Gasteiger partial charge in [0.2, 0.25) is 0 Å². The van der Waals surface area contributed by atoms with Gasteiger partial charge < -0.3 is 19.9 Å². The number of carbonyl (C=O) groups is 2. The van der Waals surface area contributed by atoms with Crippen molar-refractivity contribution >= 4 is 34.8 Å². The van der Waals surface area contributed by atoms with E-state index in [0.717, 1.165) is 5.69 Å².